The number of hydrogen-bond donors (Lipinski definition) is 1. The van der Waals surface area contributed by atoms with Crippen LogP contribution in [0.3, 0.4) is 0 Å². The van der Waals surface area contributed by atoms with Crippen LogP contribution in [0.5, 0.6) is 5.75 Å². The molecule has 0 fully saturated rings. The molecule has 1 aromatic carbocycles. The van der Waals surface area contributed by atoms with E-state index >= 15 is 0 Å². The Balaban J connectivity index is 2.61. The fourth-order valence-electron chi connectivity index (χ4n) is 1.53. The lowest BCUT2D eigenvalue weighted by molar-refractivity contribution is 0.179. The number of halogens is 1. The summed E-state index contributed by atoms with van der Waals surface area (Å²) in [4.78, 5) is 0. The van der Waals surface area contributed by atoms with Crippen LogP contribution >= 0.6 is 11.6 Å². The molecular formula is C13H20ClNO. The van der Waals surface area contributed by atoms with Gasteiger partial charge in [0.1, 0.15) is 5.75 Å². The molecule has 3 heteroatoms. The fourth-order valence-corrected chi connectivity index (χ4v) is 1.82. The van der Waals surface area contributed by atoms with E-state index in [2.05, 4.69) is 19.2 Å². The number of ether oxygens (including phenoxy) is 1. The van der Waals surface area contributed by atoms with Crippen molar-refractivity contribution in [1.29, 1.82) is 0 Å². The predicted octanol–water partition coefficient (Wildman–Crippen LogP) is 3.27. The third kappa shape index (κ3) is 4.03. The van der Waals surface area contributed by atoms with Gasteiger partial charge in [-0.05, 0) is 31.7 Å². The first kappa shape index (κ1) is 13.3. The smallest absolute Gasteiger partial charge is 0.137 e. The first-order valence-electron chi connectivity index (χ1n) is 5.48. The lowest BCUT2D eigenvalue weighted by Crippen LogP contribution is -2.32. The lowest BCUT2D eigenvalue weighted by Gasteiger charge is -2.24. The zero-order valence-electron chi connectivity index (χ0n) is 10.4. The Hall–Kier alpha value is -0.730. The Morgan fingerprint density at radius 3 is 2.62 bits per heavy atom. The van der Waals surface area contributed by atoms with E-state index < -0.39 is 0 Å². The molecule has 0 spiro atoms. The number of benzene rings is 1. The Morgan fingerprint density at radius 1 is 1.38 bits per heavy atom. The summed E-state index contributed by atoms with van der Waals surface area (Å²) in [5.41, 5.74) is 1.25. The highest BCUT2D eigenvalue weighted by atomic mass is 35.5. The van der Waals surface area contributed by atoms with Crippen LogP contribution in [0.1, 0.15) is 19.4 Å². The maximum atomic E-state index is 6.09. The van der Waals surface area contributed by atoms with Crippen molar-refractivity contribution in [2.24, 2.45) is 5.41 Å². The van der Waals surface area contributed by atoms with Crippen molar-refractivity contribution in [3.63, 3.8) is 0 Å². The van der Waals surface area contributed by atoms with E-state index in [0.29, 0.717) is 11.6 Å². The maximum Gasteiger partial charge on any atom is 0.137 e. The molecule has 0 aliphatic carbocycles. The Morgan fingerprint density at radius 2 is 2.06 bits per heavy atom. The summed E-state index contributed by atoms with van der Waals surface area (Å²) in [5, 5.41) is 3.84. The summed E-state index contributed by atoms with van der Waals surface area (Å²) in [6.45, 7) is 7.89. The monoisotopic (exact) mass is 241 g/mol. The zero-order valence-corrected chi connectivity index (χ0v) is 11.2. The fraction of sp³-hybridized carbons (Fsp3) is 0.538. The van der Waals surface area contributed by atoms with Crippen molar-refractivity contribution < 1.29 is 4.74 Å². The maximum absolute atomic E-state index is 6.09. The molecule has 0 unspecified atom stereocenters. The highest BCUT2D eigenvalue weighted by Gasteiger charge is 2.18. The molecule has 90 valence electrons. The Labute approximate surface area is 103 Å². The molecule has 0 saturated heterocycles. The van der Waals surface area contributed by atoms with Crippen molar-refractivity contribution in [2.45, 2.75) is 20.8 Å². The van der Waals surface area contributed by atoms with Crippen molar-refractivity contribution in [3.05, 3.63) is 28.8 Å². The van der Waals surface area contributed by atoms with Crippen LogP contribution in [0.15, 0.2) is 18.2 Å². The second-order valence-corrected chi connectivity index (χ2v) is 5.32. The van der Waals surface area contributed by atoms with Crippen LogP contribution in [0.25, 0.3) is 0 Å². The highest BCUT2D eigenvalue weighted by Crippen LogP contribution is 2.27. The predicted molar refractivity (Wildman–Crippen MR) is 69.4 cm³/mol. The molecule has 0 radical (unpaired) electrons. The summed E-state index contributed by atoms with van der Waals surface area (Å²) in [6, 6.07) is 5.85. The van der Waals surface area contributed by atoms with E-state index in [1.165, 1.54) is 0 Å². The molecule has 0 aliphatic rings. The molecule has 1 N–H and O–H groups in total. The molecule has 0 amide bonds. The van der Waals surface area contributed by atoms with Gasteiger partial charge in [0.2, 0.25) is 0 Å². The molecule has 0 aliphatic heterocycles. The minimum Gasteiger partial charge on any atom is -0.491 e. The summed E-state index contributed by atoms with van der Waals surface area (Å²) in [7, 11) is 1.95. The third-order valence-corrected chi connectivity index (χ3v) is 2.66. The van der Waals surface area contributed by atoms with E-state index in [1.54, 1.807) is 0 Å². The van der Waals surface area contributed by atoms with Crippen LogP contribution in [0.4, 0.5) is 0 Å². The quantitative estimate of drug-likeness (QED) is 0.854. The minimum absolute atomic E-state index is 0.100. The summed E-state index contributed by atoms with van der Waals surface area (Å²) in [6.07, 6.45) is 0. The van der Waals surface area contributed by atoms with Crippen molar-refractivity contribution in [3.8, 4) is 5.75 Å². The normalized spacial score (nSPS) is 11.6. The van der Waals surface area contributed by atoms with E-state index in [9.17, 15) is 0 Å². The summed E-state index contributed by atoms with van der Waals surface area (Å²) < 4.78 is 5.74. The lowest BCUT2D eigenvalue weighted by atomic mass is 9.95. The average molecular weight is 242 g/mol. The van der Waals surface area contributed by atoms with Crippen LogP contribution in [-0.2, 0) is 0 Å². The van der Waals surface area contributed by atoms with Crippen molar-refractivity contribution in [2.75, 3.05) is 20.2 Å². The van der Waals surface area contributed by atoms with Gasteiger partial charge in [0.25, 0.3) is 0 Å². The first-order chi connectivity index (χ1) is 7.44. The van der Waals surface area contributed by atoms with Crippen LogP contribution in [-0.4, -0.2) is 20.2 Å². The van der Waals surface area contributed by atoms with Gasteiger partial charge in [-0.2, -0.15) is 0 Å². The summed E-state index contributed by atoms with van der Waals surface area (Å²) >= 11 is 6.09. The molecule has 0 bridgehead atoms. The van der Waals surface area contributed by atoms with Gasteiger partial charge in [0.15, 0.2) is 0 Å². The van der Waals surface area contributed by atoms with E-state index in [0.717, 1.165) is 17.9 Å². The molecule has 1 aromatic rings. The Bertz CT molecular complexity index is 350. The first-order valence-corrected chi connectivity index (χ1v) is 5.86. The van der Waals surface area contributed by atoms with Gasteiger partial charge in [-0.1, -0.05) is 31.5 Å². The van der Waals surface area contributed by atoms with Gasteiger partial charge < -0.3 is 10.1 Å². The molecule has 0 heterocycles. The summed E-state index contributed by atoms with van der Waals surface area (Å²) in [5.74, 6) is 0.761. The van der Waals surface area contributed by atoms with Gasteiger partial charge in [-0.15, -0.1) is 0 Å². The van der Waals surface area contributed by atoms with Gasteiger partial charge in [0, 0.05) is 12.0 Å². The van der Waals surface area contributed by atoms with Gasteiger partial charge in [0.05, 0.1) is 11.6 Å². The third-order valence-electron chi connectivity index (χ3n) is 2.36. The second-order valence-electron chi connectivity index (χ2n) is 4.92. The van der Waals surface area contributed by atoms with Crippen LogP contribution < -0.4 is 10.1 Å². The molecule has 1 rings (SSSR count). The van der Waals surface area contributed by atoms with Gasteiger partial charge >= 0.3 is 0 Å². The Kier molecular flexibility index (Phi) is 4.63. The average Bonchev–Trinajstić information content (AvgIpc) is 2.16. The molecule has 16 heavy (non-hydrogen) atoms. The van der Waals surface area contributed by atoms with Crippen LogP contribution in [0, 0.1) is 12.3 Å². The molecular weight excluding hydrogens is 222 g/mol. The van der Waals surface area contributed by atoms with E-state index in [4.69, 9.17) is 16.3 Å². The minimum atomic E-state index is 0.100. The van der Waals surface area contributed by atoms with Gasteiger partial charge in [-0.3, -0.25) is 0 Å². The number of nitrogens with one attached hydrogen (secondary N) is 1. The topological polar surface area (TPSA) is 21.3 Å². The molecule has 0 atom stereocenters. The van der Waals surface area contributed by atoms with E-state index in [-0.39, 0.29) is 5.41 Å². The van der Waals surface area contributed by atoms with Gasteiger partial charge in [-0.25, -0.2) is 0 Å². The highest BCUT2D eigenvalue weighted by molar-refractivity contribution is 6.32. The van der Waals surface area contributed by atoms with Crippen molar-refractivity contribution >= 4 is 11.6 Å². The molecule has 0 aromatic heterocycles. The van der Waals surface area contributed by atoms with Crippen molar-refractivity contribution in [1.82, 2.24) is 5.32 Å². The zero-order chi connectivity index (χ0) is 12.2. The SMILES string of the molecule is CNCC(C)(C)COc1ccc(C)cc1Cl. The molecule has 2 nitrogen and oxygen atoms in total. The molecule has 0 saturated carbocycles. The number of aryl methyl sites for hydroxylation is 1. The standard InChI is InChI=1S/C13H20ClNO/c1-10-5-6-12(11(14)7-10)16-9-13(2,3)8-15-4/h5-7,15H,8-9H2,1-4H3. The second kappa shape index (κ2) is 5.55. The van der Waals surface area contributed by atoms with E-state index in [1.807, 2.05) is 32.2 Å². The number of hydrogen-bond acceptors (Lipinski definition) is 2. The number of rotatable bonds is 5. The largest absolute Gasteiger partial charge is 0.491 e. The van der Waals surface area contributed by atoms with Crippen LogP contribution in [0.2, 0.25) is 5.02 Å².